The van der Waals surface area contributed by atoms with Gasteiger partial charge in [0.25, 0.3) is 0 Å². The van der Waals surface area contributed by atoms with E-state index in [0.717, 1.165) is 90.4 Å². The lowest BCUT2D eigenvalue weighted by molar-refractivity contribution is -0.166. The van der Waals surface area contributed by atoms with Gasteiger partial charge in [0.15, 0.2) is 11.8 Å². The molecule has 2 unspecified atom stereocenters. The van der Waals surface area contributed by atoms with E-state index in [2.05, 4.69) is 75.2 Å². The van der Waals surface area contributed by atoms with Crippen LogP contribution in [-0.4, -0.2) is 52.0 Å². The summed E-state index contributed by atoms with van der Waals surface area (Å²) in [6.45, 7) is 25.9. The minimum atomic E-state index is -0.967. The van der Waals surface area contributed by atoms with Crippen molar-refractivity contribution in [2.24, 2.45) is 5.41 Å². The Morgan fingerprint density at radius 1 is 1.04 bits per heavy atom. The first kappa shape index (κ1) is 37.8. The number of carbonyl (C=O) groups excluding carboxylic acids is 1. The topological polar surface area (TPSA) is 78.2 Å². The molecule has 1 fully saturated rings. The molecule has 0 N–H and O–H groups in total. The van der Waals surface area contributed by atoms with Gasteiger partial charge in [-0.2, -0.15) is 9.61 Å². The van der Waals surface area contributed by atoms with Crippen LogP contribution in [0.5, 0.6) is 5.75 Å². The van der Waals surface area contributed by atoms with Crippen LogP contribution in [0.3, 0.4) is 0 Å². The molecule has 8 nitrogen and oxygen atoms in total. The Morgan fingerprint density at radius 2 is 1.76 bits per heavy atom. The minimum absolute atomic E-state index is 0.00264. The monoisotopic (exact) mass is 692 g/mol. The zero-order chi connectivity index (χ0) is 36.9. The SMILES string of the molecule is C=CCCC1(C)CCN(c2c(C(OC(C)(C)C)C(=O)OCC)c(C)nc3cc(-c4cccc(-c5cc(C)ccc5OC(C)CC=C)c4)nn23)CC1. The van der Waals surface area contributed by atoms with Crippen molar-refractivity contribution >= 4 is 17.4 Å². The highest BCUT2D eigenvalue weighted by Crippen LogP contribution is 2.42. The average molecular weight is 693 g/mol. The first-order valence-corrected chi connectivity index (χ1v) is 18.4. The van der Waals surface area contributed by atoms with E-state index in [-0.39, 0.29) is 18.1 Å². The molecule has 3 heterocycles. The number of allylic oxidation sites excluding steroid dienone is 1. The van der Waals surface area contributed by atoms with Gasteiger partial charge in [-0.15, -0.1) is 13.2 Å². The molecule has 1 aliphatic heterocycles. The lowest BCUT2D eigenvalue weighted by Gasteiger charge is -2.41. The third kappa shape index (κ3) is 8.90. The highest BCUT2D eigenvalue weighted by Gasteiger charge is 2.38. The van der Waals surface area contributed by atoms with E-state index in [4.69, 9.17) is 24.3 Å². The van der Waals surface area contributed by atoms with Gasteiger partial charge in [-0.25, -0.2) is 9.78 Å². The van der Waals surface area contributed by atoms with Crippen molar-refractivity contribution < 1.29 is 19.0 Å². The van der Waals surface area contributed by atoms with Gasteiger partial charge in [-0.3, -0.25) is 0 Å². The van der Waals surface area contributed by atoms with Crippen molar-refractivity contribution in [3.8, 4) is 28.1 Å². The maximum absolute atomic E-state index is 13.7. The van der Waals surface area contributed by atoms with Crippen molar-refractivity contribution in [1.82, 2.24) is 14.6 Å². The molecule has 0 aliphatic carbocycles. The Kier molecular flexibility index (Phi) is 11.8. The Balaban J connectivity index is 1.65. The fourth-order valence-electron chi connectivity index (χ4n) is 6.94. The number of aryl methyl sites for hydroxylation is 2. The number of rotatable bonds is 14. The molecule has 8 heteroatoms. The number of aromatic nitrogens is 3. The van der Waals surface area contributed by atoms with E-state index < -0.39 is 17.7 Å². The summed E-state index contributed by atoms with van der Waals surface area (Å²) < 4.78 is 20.4. The Hall–Kier alpha value is -4.43. The number of hydrogen-bond donors (Lipinski definition) is 0. The number of anilines is 1. The molecule has 5 rings (SSSR count). The van der Waals surface area contributed by atoms with Gasteiger partial charge in [0.1, 0.15) is 11.6 Å². The van der Waals surface area contributed by atoms with Crippen LogP contribution in [0.4, 0.5) is 5.82 Å². The van der Waals surface area contributed by atoms with Gasteiger partial charge in [-0.1, -0.05) is 48.9 Å². The van der Waals surface area contributed by atoms with Crippen molar-refractivity contribution in [1.29, 1.82) is 0 Å². The van der Waals surface area contributed by atoms with Crippen LogP contribution in [0.2, 0.25) is 0 Å². The average Bonchev–Trinajstić information content (AvgIpc) is 3.51. The molecular weight excluding hydrogens is 636 g/mol. The molecule has 2 aromatic heterocycles. The lowest BCUT2D eigenvalue weighted by atomic mass is 9.76. The molecule has 272 valence electrons. The van der Waals surface area contributed by atoms with Gasteiger partial charge in [0, 0.05) is 42.4 Å². The third-order valence-corrected chi connectivity index (χ3v) is 9.69. The van der Waals surface area contributed by atoms with Crippen LogP contribution in [0.25, 0.3) is 28.0 Å². The molecule has 0 spiro atoms. The first-order chi connectivity index (χ1) is 24.3. The maximum Gasteiger partial charge on any atom is 0.340 e. The molecule has 1 saturated heterocycles. The largest absolute Gasteiger partial charge is 0.490 e. The standard InChI is InChI=1S/C43H56N4O4/c1-11-14-21-43(10)22-24-46(25-23-43)40-38(39(41(48)49-13-3)51-42(7,8)9)31(6)44-37-28-35(45-47(37)40)33-18-15-17-32(27-33)34-26-29(4)19-20-36(34)50-30(5)16-12-2/h11-12,15,17-20,26-28,30,39H,1-2,13-14,16,21-25H2,3-10H3. The smallest absolute Gasteiger partial charge is 0.340 e. The zero-order valence-corrected chi connectivity index (χ0v) is 31.9. The number of nitrogens with zero attached hydrogens (tertiary/aromatic N) is 4. The normalized spacial score (nSPS) is 15.7. The van der Waals surface area contributed by atoms with Crippen LogP contribution in [0.1, 0.15) is 96.6 Å². The molecule has 1 aliphatic rings. The highest BCUT2D eigenvalue weighted by atomic mass is 16.6. The van der Waals surface area contributed by atoms with E-state index in [1.807, 2.05) is 63.4 Å². The van der Waals surface area contributed by atoms with Crippen LogP contribution in [-0.2, 0) is 14.3 Å². The van der Waals surface area contributed by atoms with Crippen LogP contribution in [0, 0.1) is 19.3 Å². The summed E-state index contributed by atoms with van der Waals surface area (Å²) in [5.41, 5.74) is 6.69. The summed E-state index contributed by atoms with van der Waals surface area (Å²) in [7, 11) is 0. The van der Waals surface area contributed by atoms with E-state index in [1.165, 1.54) is 0 Å². The second-order valence-electron chi connectivity index (χ2n) is 15.3. The number of hydrogen-bond acceptors (Lipinski definition) is 7. The number of fused-ring (bicyclic) bond motifs is 1. The summed E-state index contributed by atoms with van der Waals surface area (Å²) in [4.78, 5) is 21.1. The van der Waals surface area contributed by atoms with Crippen molar-refractivity contribution in [2.45, 2.75) is 105 Å². The van der Waals surface area contributed by atoms with Gasteiger partial charge in [0.2, 0.25) is 0 Å². The van der Waals surface area contributed by atoms with Gasteiger partial charge in [0.05, 0.1) is 29.6 Å². The summed E-state index contributed by atoms with van der Waals surface area (Å²) in [5, 5.41) is 5.23. The summed E-state index contributed by atoms with van der Waals surface area (Å²) in [6.07, 6.45) is 7.80. The van der Waals surface area contributed by atoms with E-state index in [9.17, 15) is 4.79 Å². The predicted octanol–water partition coefficient (Wildman–Crippen LogP) is 10.0. The van der Waals surface area contributed by atoms with E-state index >= 15 is 0 Å². The molecule has 2 atom stereocenters. The first-order valence-electron chi connectivity index (χ1n) is 18.4. The van der Waals surface area contributed by atoms with Gasteiger partial charge in [-0.05, 0) is 103 Å². The summed E-state index contributed by atoms with van der Waals surface area (Å²) >= 11 is 0. The van der Waals surface area contributed by atoms with E-state index in [0.29, 0.717) is 11.2 Å². The minimum Gasteiger partial charge on any atom is -0.490 e. The second kappa shape index (κ2) is 15.9. The fraction of sp³-hybridized carbons (Fsp3) is 0.465. The van der Waals surface area contributed by atoms with Crippen molar-refractivity contribution in [3.63, 3.8) is 0 Å². The number of benzene rings is 2. The number of carbonyl (C=O) groups is 1. The third-order valence-electron chi connectivity index (χ3n) is 9.69. The van der Waals surface area contributed by atoms with Gasteiger partial charge >= 0.3 is 5.97 Å². The number of ether oxygens (including phenoxy) is 3. The molecule has 51 heavy (non-hydrogen) atoms. The number of esters is 1. The molecule has 0 radical (unpaired) electrons. The molecule has 0 amide bonds. The summed E-state index contributed by atoms with van der Waals surface area (Å²) in [6, 6.07) is 16.7. The quantitative estimate of drug-likeness (QED) is 0.0962. The predicted molar refractivity (Wildman–Crippen MR) is 207 cm³/mol. The Labute approximate surface area is 304 Å². The molecule has 4 aromatic rings. The van der Waals surface area contributed by atoms with E-state index in [1.54, 1.807) is 0 Å². The fourth-order valence-corrected chi connectivity index (χ4v) is 6.94. The second-order valence-corrected chi connectivity index (χ2v) is 15.3. The zero-order valence-electron chi connectivity index (χ0n) is 31.9. The van der Waals surface area contributed by atoms with Crippen molar-refractivity contribution in [2.75, 3.05) is 24.6 Å². The van der Waals surface area contributed by atoms with Crippen LogP contribution < -0.4 is 9.64 Å². The van der Waals surface area contributed by atoms with Crippen molar-refractivity contribution in [3.05, 3.63) is 90.7 Å². The van der Waals surface area contributed by atoms with Crippen LogP contribution >= 0.6 is 0 Å². The van der Waals surface area contributed by atoms with Crippen LogP contribution in [0.15, 0.2) is 73.8 Å². The van der Waals surface area contributed by atoms with Gasteiger partial charge < -0.3 is 19.1 Å². The Bertz CT molecular complexity index is 1860. The summed E-state index contributed by atoms with van der Waals surface area (Å²) in [5.74, 6) is 1.24. The Morgan fingerprint density at radius 3 is 2.43 bits per heavy atom. The highest BCUT2D eigenvalue weighted by molar-refractivity contribution is 5.81. The molecular formula is C43H56N4O4. The molecule has 0 bridgehead atoms. The maximum atomic E-state index is 13.7. The lowest BCUT2D eigenvalue weighted by Crippen LogP contribution is -2.41. The number of piperidine rings is 1. The molecule has 2 aromatic carbocycles. The molecule has 0 saturated carbocycles.